The molecule has 1 aliphatic carbocycles. The fraction of sp³-hybridized carbons (Fsp3) is 0.455. The largest absolute Gasteiger partial charge is 0.493 e. The van der Waals surface area contributed by atoms with Crippen LogP contribution < -0.4 is 19.5 Å². The fourth-order valence-electron chi connectivity index (χ4n) is 4.88. The lowest BCUT2D eigenvalue weighted by Crippen LogP contribution is -2.31. The number of nitrogens with one attached hydrogen (secondary N) is 1. The van der Waals surface area contributed by atoms with Crippen molar-refractivity contribution in [2.24, 2.45) is 5.92 Å². The Bertz CT molecular complexity index is 839. The van der Waals surface area contributed by atoms with E-state index in [0.29, 0.717) is 29.4 Å². The molecule has 2 aliphatic rings. The quantitative estimate of drug-likeness (QED) is 0.870. The van der Waals surface area contributed by atoms with Gasteiger partial charge in [-0.05, 0) is 54.5 Å². The van der Waals surface area contributed by atoms with Gasteiger partial charge in [-0.2, -0.15) is 0 Å². The summed E-state index contributed by atoms with van der Waals surface area (Å²) in [4.78, 5) is 0. The molecule has 4 nitrogen and oxygen atoms in total. The number of halogens is 1. The lowest BCUT2D eigenvalue weighted by Gasteiger charge is -2.32. The van der Waals surface area contributed by atoms with Crippen LogP contribution in [-0.2, 0) is 12.8 Å². The zero-order valence-corrected chi connectivity index (χ0v) is 16.0. The summed E-state index contributed by atoms with van der Waals surface area (Å²) in [6, 6.07) is 9.39. The Kier molecular flexibility index (Phi) is 4.96. The van der Waals surface area contributed by atoms with E-state index >= 15 is 0 Å². The van der Waals surface area contributed by atoms with Crippen molar-refractivity contribution in [1.29, 1.82) is 0 Å². The maximum absolute atomic E-state index is 13.5. The normalized spacial score (nSPS) is 23.5. The van der Waals surface area contributed by atoms with Crippen LogP contribution in [0, 0.1) is 11.7 Å². The second-order valence-electron chi connectivity index (χ2n) is 7.37. The van der Waals surface area contributed by atoms with Crippen LogP contribution in [0.5, 0.6) is 17.2 Å². The summed E-state index contributed by atoms with van der Waals surface area (Å²) >= 11 is 0. The summed E-state index contributed by atoms with van der Waals surface area (Å²) in [5.74, 6) is 2.92. The lowest BCUT2D eigenvalue weighted by molar-refractivity contribution is 0.312. The van der Waals surface area contributed by atoms with Crippen molar-refractivity contribution in [3.8, 4) is 17.2 Å². The third kappa shape index (κ3) is 3.14. The molecule has 1 fully saturated rings. The molecule has 2 aromatic rings. The van der Waals surface area contributed by atoms with Crippen molar-refractivity contribution in [2.75, 3.05) is 27.9 Å². The van der Waals surface area contributed by atoms with E-state index < -0.39 is 0 Å². The highest BCUT2D eigenvalue weighted by atomic mass is 19.1. The van der Waals surface area contributed by atoms with Crippen molar-refractivity contribution in [2.45, 2.75) is 31.2 Å². The predicted octanol–water partition coefficient (Wildman–Crippen LogP) is 3.71. The fourth-order valence-corrected chi connectivity index (χ4v) is 4.88. The van der Waals surface area contributed by atoms with Gasteiger partial charge in [-0.1, -0.05) is 12.1 Å². The van der Waals surface area contributed by atoms with E-state index in [1.54, 1.807) is 33.5 Å². The van der Waals surface area contributed by atoms with Gasteiger partial charge in [0.2, 0.25) is 5.75 Å². The first-order chi connectivity index (χ1) is 13.2. The van der Waals surface area contributed by atoms with Crippen molar-refractivity contribution in [3.05, 3.63) is 52.8 Å². The topological polar surface area (TPSA) is 39.7 Å². The van der Waals surface area contributed by atoms with E-state index in [4.69, 9.17) is 14.2 Å². The van der Waals surface area contributed by atoms with Crippen LogP contribution in [0.15, 0.2) is 30.3 Å². The Morgan fingerprint density at radius 1 is 1.07 bits per heavy atom. The minimum absolute atomic E-state index is 0.169. The third-order valence-corrected chi connectivity index (χ3v) is 6.07. The van der Waals surface area contributed by atoms with Gasteiger partial charge in [0, 0.05) is 24.1 Å². The van der Waals surface area contributed by atoms with Gasteiger partial charge in [0.1, 0.15) is 5.82 Å². The highest BCUT2D eigenvalue weighted by Crippen LogP contribution is 2.50. The Labute approximate surface area is 159 Å². The molecule has 27 heavy (non-hydrogen) atoms. The van der Waals surface area contributed by atoms with Crippen LogP contribution in [0.3, 0.4) is 0 Å². The monoisotopic (exact) mass is 371 g/mol. The van der Waals surface area contributed by atoms with Crippen molar-refractivity contribution in [1.82, 2.24) is 5.32 Å². The van der Waals surface area contributed by atoms with E-state index in [9.17, 15) is 4.39 Å². The highest BCUT2D eigenvalue weighted by Gasteiger charge is 2.41. The highest BCUT2D eigenvalue weighted by molar-refractivity contribution is 5.61. The van der Waals surface area contributed by atoms with Crippen LogP contribution in [0.1, 0.15) is 29.0 Å². The third-order valence-electron chi connectivity index (χ3n) is 6.07. The summed E-state index contributed by atoms with van der Waals surface area (Å²) in [5, 5.41) is 3.68. The lowest BCUT2D eigenvalue weighted by atomic mass is 9.73. The van der Waals surface area contributed by atoms with Crippen LogP contribution in [0.2, 0.25) is 0 Å². The van der Waals surface area contributed by atoms with Gasteiger partial charge in [0.15, 0.2) is 11.5 Å². The molecule has 1 saturated heterocycles. The molecule has 0 saturated carbocycles. The first-order valence-electron chi connectivity index (χ1n) is 9.45. The average Bonchev–Trinajstić information content (AvgIpc) is 3.09. The van der Waals surface area contributed by atoms with Gasteiger partial charge in [0.25, 0.3) is 0 Å². The second-order valence-corrected chi connectivity index (χ2v) is 7.37. The molecular weight excluding hydrogens is 345 g/mol. The number of rotatable bonds is 5. The summed E-state index contributed by atoms with van der Waals surface area (Å²) in [5.41, 5.74) is 3.56. The summed E-state index contributed by atoms with van der Waals surface area (Å²) in [6.45, 7) is 0.913. The minimum Gasteiger partial charge on any atom is -0.493 e. The maximum Gasteiger partial charge on any atom is 0.203 e. The zero-order valence-electron chi connectivity index (χ0n) is 16.0. The van der Waals surface area contributed by atoms with Gasteiger partial charge in [-0.25, -0.2) is 4.39 Å². The molecule has 3 unspecified atom stereocenters. The Hall–Kier alpha value is -2.27. The van der Waals surface area contributed by atoms with Gasteiger partial charge in [-0.3, -0.25) is 0 Å². The SMILES string of the molecule is COc1cc2c(c(OC)c1OC)CCC1C(Cc3cccc(F)c3)NCC21. The second kappa shape index (κ2) is 7.39. The van der Waals surface area contributed by atoms with E-state index in [0.717, 1.165) is 37.1 Å². The maximum atomic E-state index is 13.5. The molecule has 5 heteroatoms. The van der Waals surface area contributed by atoms with Gasteiger partial charge < -0.3 is 19.5 Å². The molecular formula is C22H26FNO3. The number of ether oxygens (including phenoxy) is 3. The van der Waals surface area contributed by atoms with Crippen molar-refractivity contribution >= 4 is 0 Å². The Morgan fingerprint density at radius 2 is 1.89 bits per heavy atom. The molecule has 4 rings (SSSR count). The zero-order chi connectivity index (χ0) is 19.0. The van der Waals surface area contributed by atoms with Crippen LogP contribution >= 0.6 is 0 Å². The van der Waals surface area contributed by atoms with E-state index in [1.165, 1.54) is 17.2 Å². The number of hydrogen-bond acceptors (Lipinski definition) is 4. The minimum atomic E-state index is -0.169. The molecule has 1 N–H and O–H groups in total. The summed E-state index contributed by atoms with van der Waals surface area (Å²) in [6.07, 6.45) is 2.87. The average molecular weight is 371 g/mol. The van der Waals surface area contributed by atoms with Crippen LogP contribution in [-0.4, -0.2) is 33.9 Å². The molecule has 0 bridgehead atoms. The molecule has 144 valence electrons. The molecule has 1 heterocycles. The van der Waals surface area contributed by atoms with Gasteiger partial charge in [0.05, 0.1) is 21.3 Å². The number of benzene rings is 2. The summed E-state index contributed by atoms with van der Waals surface area (Å²) in [7, 11) is 4.98. The van der Waals surface area contributed by atoms with Crippen LogP contribution in [0.4, 0.5) is 4.39 Å². The first kappa shape index (κ1) is 18.1. The summed E-state index contributed by atoms with van der Waals surface area (Å²) < 4.78 is 30.4. The molecule has 3 atom stereocenters. The van der Waals surface area contributed by atoms with E-state index in [1.807, 2.05) is 6.07 Å². The van der Waals surface area contributed by atoms with Gasteiger partial charge >= 0.3 is 0 Å². The van der Waals surface area contributed by atoms with Crippen molar-refractivity contribution in [3.63, 3.8) is 0 Å². The predicted molar refractivity (Wildman–Crippen MR) is 103 cm³/mol. The molecule has 1 aliphatic heterocycles. The van der Waals surface area contributed by atoms with E-state index in [2.05, 4.69) is 11.4 Å². The Balaban J connectivity index is 1.65. The molecule has 0 amide bonds. The number of fused-ring (bicyclic) bond motifs is 3. The Morgan fingerprint density at radius 3 is 2.59 bits per heavy atom. The first-order valence-corrected chi connectivity index (χ1v) is 9.45. The molecule has 2 aromatic carbocycles. The molecule has 0 aromatic heterocycles. The standard InChI is InChI=1S/C22H26FNO3/c1-25-20-11-17-16(21(26-2)22(20)27-3)8-7-15-18(17)12-24-19(15)10-13-5-4-6-14(23)9-13/h4-6,9,11,15,18-19,24H,7-8,10,12H2,1-3H3. The van der Waals surface area contributed by atoms with E-state index in [-0.39, 0.29) is 5.82 Å². The number of methoxy groups -OCH3 is 3. The van der Waals surface area contributed by atoms with Crippen LogP contribution in [0.25, 0.3) is 0 Å². The van der Waals surface area contributed by atoms with Crippen molar-refractivity contribution < 1.29 is 18.6 Å². The van der Waals surface area contributed by atoms with Gasteiger partial charge in [-0.15, -0.1) is 0 Å². The molecule has 0 radical (unpaired) electrons. The number of hydrogen-bond donors (Lipinski definition) is 1. The molecule has 0 spiro atoms. The smallest absolute Gasteiger partial charge is 0.203 e.